The molecule has 0 spiro atoms. The van der Waals surface area contributed by atoms with Gasteiger partial charge in [-0.25, -0.2) is 0 Å². The number of rotatable bonds is 3. The predicted molar refractivity (Wildman–Crippen MR) is 53.1 cm³/mol. The second-order valence-electron chi connectivity index (χ2n) is 4.22. The fraction of sp³-hybridized carbons (Fsp3) is 0.700. The van der Waals surface area contributed by atoms with Gasteiger partial charge in [0.05, 0.1) is 0 Å². The highest BCUT2D eigenvalue weighted by molar-refractivity contribution is 6.04. The number of imide groups is 1. The Morgan fingerprint density at radius 1 is 1.25 bits per heavy atom. The molecule has 0 aromatic rings. The third-order valence-corrected chi connectivity index (χ3v) is 3.02. The Morgan fingerprint density at radius 2 is 1.81 bits per heavy atom. The molecule has 0 radical (unpaired) electrons. The van der Waals surface area contributed by atoms with Gasteiger partial charge in [0.2, 0.25) is 17.7 Å². The van der Waals surface area contributed by atoms with Crippen molar-refractivity contribution in [1.29, 1.82) is 0 Å². The zero-order chi connectivity index (χ0) is 11.7. The first-order valence-corrected chi connectivity index (χ1v) is 5.33. The third kappa shape index (κ3) is 1.92. The first kappa shape index (κ1) is 11.1. The molecule has 2 aliphatic heterocycles. The minimum atomic E-state index is -0.266. The van der Waals surface area contributed by atoms with Gasteiger partial charge in [-0.3, -0.25) is 19.3 Å². The number of amides is 3. The van der Waals surface area contributed by atoms with Crippen molar-refractivity contribution in [2.24, 2.45) is 5.92 Å². The second kappa shape index (κ2) is 4.21. The van der Waals surface area contributed by atoms with Crippen molar-refractivity contribution >= 4 is 17.7 Å². The molecular weight excluding hydrogens is 212 g/mol. The Kier molecular flexibility index (Phi) is 2.91. The van der Waals surface area contributed by atoms with E-state index in [4.69, 9.17) is 5.11 Å². The van der Waals surface area contributed by atoms with E-state index in [1.54, 1.807) is 4.90 Å². The maximum Gasteiger partial charge on any atom is 0.242 e. The van der Waals surface area contributed by atoms with Crippen LogP contribution >= 0.6 is 0 Å². The lowest BCUT2D eigenvalue weighted by atomic mass is 10.0. The van der Waals surface area contributed by atoms with Crippen LogP contribution in [0.3, 0.4) is 0 Å². The summed E-state index contributed by atoms with van der Waals surface area (Å²) in [4.78, 5) is 36.7. The highest BCUT2D eigenvalue weighted by atomic mass is 16.3. The van der Waals surface area contributed by atoms with Crippen LogP contribution in [0.1, 0.15) is 12.8 Å². The predicted octanol–water partition coefficient (Wildman–Crippen LogP) is -1.41. The van der Waals surface area contributed by atoms with E-state index in [0.717, 1.165) is 4.90 Å². The number of likely N-dealkylation sites (tertiary alicyclic amines) is 2. The number of carbonyl (C=O) groups excluding carboxylic acids is 3. The number of aliphatic hydroxyl groups is 1. The summed E-state index contributed by atoms with van der Waals surface area (Å²) in [5, 5.41) is 8.80. The van der Waals surface area contributed by atoms with Crippen molar-refractivity contribution in [1.82, 2.24) is 9.80 Å². The van der Waals surface area contributed by atoms with Crippen molar-refractivity contribution < 1.29 is 19.5 Å². The van der Waals surface area contributed by atoms with Gasteiger partial charge in [0.25, 0.3) is 0 Å². The largest absolute Gasteiger partial charge is 0.396 e. The van der Waals surface area contributed by atoms with Crippen LogP contribution in [-0.4, -0.2) is 58.9 Å². The fourth-order valence-electron chi connectivity index (χ4n) is 1.92. The van der Waals surface area contributed by atoms with Gasteiger partial charge in [-0.15, -0.1) is 0 Å². The number of nitrogens with zero attached hydrogens (tertiary/aromatic N) is 2. The van der Waals surface area contributed by atoms with E-state index in [2.05, 4.69) is 0 Å². The van der Waals surface area contributed by atoms with E-state index in [1.165, 1.54) is 0 Å². The Labute approximate surface area is 92.8 Å². The molecule has 2 aliphatic rings. The van der Waals surface area contributed by atoms with Crippen LogP contribution in [-0.2, 0) is 14.4 Å². The summed E-state index contributed by atoms with van der Waals surface area (Å²) in [5.41, 5.74) is 0. The standard InChI is InChI=1S/C10H14N2O4/c13-6-7-3-11(4-7)10(16)5-12-8(14)1-2-9(12)15/h7,13H,1-6H2. The molecule has 1 N–H and O–H groups in total. The average molecular weight is 226 g/mol. The van der Waals surface area contributed by atoms with Gasteiger partial charge in [-0.1, -0.05) is 0 Å². The molecule has 16 heavy (non-hydrogen) atoms. The van der Waals surface area contributed by atoms with E-state index in [9.17, 15) is 14.4 Å². The minimum absolute atomic E-state index is 0.0748. The Balaban J connectivity index is 1.84. The minimum Gasteiger partial charge on any atom is -0.396 e. The van der Waals surface area contributed by atoms with Gasteiger partial charge >= 0.3 is 0 Å². The first-order chi connectivity index (χ1) is 7.61. The highest BCUT2D eigenvalue weighted by Crippen LogP contribution is 2.17. The van der Waals surface area contributed by atoms with Crippen LogP contribution in [0, 0.1) is 5.92 Å². The van der Waals surface area contributed by atoms with Gasteiger partial charge < -0.3 is 10.0 Å². The SMILES string of the molecule is O=C(CN1C(=O)CCC1=O)N1CC(CO)C1. The molecule has 0 saturated carbocycles. The van der Waals surface area contributed by atoms with Crippen LogP contribution in [0.15, 0.2) is 0 Å². The van der Waals surface area contributed by atoms with Crippen LogP contribution in [0.25, 0.3) is 0 Å². The lowest BCUT2D eigenvalue weighted by Crippen LogP contribution is -2.54. The van der Waals surface area contributed by atoms with E-state index in [0.29, 0.717) is 13.1 Å². The van der Waals surface area contributed by atoms with Gasteiger partial charge in [0, 0.05) is 38.5 Å². The number of hydrogen-bond acceptors (Lipinski definition) is 4. The average Bonchev–Trinajstić information content (AvgIpc) is 2.48. The van der Waals surface area contributed by atoms with Crippen molar-refractivity contribution in [3.05, 3.63) is 0 Å². The number of hydrogen-bond donors (Lipinski definition) is 1. The molecule has 88 valence electrons. The molecule has 0 aromatic carbocycles. The summed E-state index contributed by atoms with van der Waals surface area (Å²) in [6, 6.07) is 0. The summed E-state index contributed by atoms with van der Waals surface area (Å²) in [6.07, 6.45) is 0.427. The maximum atomic E-state index is 11.6. The number of carbonyl (C=O) groups is 3. The van der Waals surface area contributed by atoms with Crippen molar-refractivity contribution in [2.45, 2.75) is 12.8 Å². The highest BCUT2D eigenvalue weighted by Gasteiger charge is 2.35. The molecule has 0 bridgehead atoms. The molecule has 6 heteroatoms. The monoisotopic (exact) mass is 226 g/mol. The molecule has 0 aromatic heterocycles. The molecule has 2 heterocycles. The smallest absolute Gasteiger partial charge is 0.242 e. The second-order valence-corrected chi connectivity index (χ2v) is 4.22. The zero-order valence-electron chi connectivity index (χ0n) is 8.89. The summed E-state index contributed by atoms with van der Waals surface area (Å²) < 4.78 is 0. The van der Waals surface area contributed by atoms with Crippen LogP contribution in [0.4, 0.5) is 0 Å². The van der Waals surface area contributed by atoms with Crippen LogP contribution in [0.2, 0.25) is 0 Å². The zero-order valence-corrected chi connectivity index (χ0v) is 8.89. The molecule has 0 atom stereocenters. The third-order valence-electron chi connectivity index (χ3n) is 3.02. The number of aliphatic hydroxyl groups excluding tert-OH is 1. The van der Waals surface area contributed by atoms with Crippen LogP contribution in [0.5, 0.6) is 0 Å². The molecule has 0 unspecified atom stereocenters. The van der Waals surface area contributed by atoms with E-state index in [1.807, 2.05) is 0 Å². The summed E-state index contributed by atoms with van der Waals surface area (Å²) in [7, 11) is 0. The molecule has 2 fully saturated rings. The Morgan fingerprint density at radius 3 is 2.31 bits per heavy atom. The van der Waals surface area contributed by atoms with E-state index < -0.39 is 0 Å². The molecular formula is C10H14N2O4. The molecule has 6 nitrogen and oxygen atoms in total. The molecule has 0 aliphatic carbocycles. The van der Waals surface area contributed by atoms with Gasteiger partial charge in [-0.2, -0.15) is 0 Å². The quantitative estimate of drug-likeness (QED) is 0.599. The summed E-state index contributed by atoms with van der Waals surface area (Å²) in [5.74, 6) is -0.600. The molecule has 3 amide bonds. The van der Waals surface area contributed by atoms with Gasteiger partial charge in [0.15, 0.2) is 0 Å². The Hall–Kier alpha value is -1.43. The topological polar surface area (TPSA) is 77.9 Å². The van der Waals surface area contributed by atoms with Gasteiger partial charge in [-0.05, 0) is 0 Å². The molecule has 2 rings (SSSR count). The fourth-order valence-corrected chi connectivity index (χ4v) is 1.92. The molecule has 2 saturated heterocycles. The summed E-state index contributed by atoms with van der Waals surface area (Å²) >= 11 is 0. The lowest BCUT2D eigenvalue weighted by molar-refractivity contribution is -0.148. The van der Waals surface area contributed by atoms with E-state index >= 15 is 0 Å². The maximum absolute atomic E-state index is 11.6. The Bertz CT molecular complexity index is 320. The van der Waals surface area contributed by atoms with E-state index in [-0.39, 0.29) is 49.6 Å². The summed E-state index contributed by atoms with van der Waals surface area (Å²) in [6.45, 7) is 0.971. The van der Waals surface area contributed by atoms with Crippen molar-refractivity contribution in [2.75, 3.05) is 26.2 Å². The van der Waals surface area contributed by atoms with Crippen molar-refractivity contribution in [3.8, 4) is 0 Å². The lowest BCUT2D eigenvalue weighted by Gasteiger charge is -2.38. The normalized spacial score (nSPS) is 21.6. The van der Waals surface area contributed by atoms with Crippen LogP contribution < -0.4 is 0 Å². The van der Waals surface area contributed by atoms with Gasteiger partial charge in [0.1, 0.15) is 6.54 Å². The first-order valence-electron chi connectivity index (χ1n) is 5.33. The van der Waals surface area contributed by atoms with Crippen molar-refractivity contribution in [3.63, 3.8) is 0 Å².